The maximum absolute atomic E-state index is 12.0. The standard InChI is InChI=1S/C13H12N4O/c1-9-6-10(2)17(13(18)12(9)7-14)16-8-11-4-3-5-15-11/h3-6,8,15H,1-2H3/b16-8-. The molecule has 0 saturated carbocycles. The number of nitriles is 1. The van der Waals surface area contributed by atoms with Gasteiger partial charge in [0.05, 0.1) is 11.9 Å². The van der Waals surface area contributed by atoms with E-state index in [2.05, 4.69) is 10.1 Å². The van der Waals surface area contributed by atoms with Gasteiger partial charge in [0, 0.05) is 11.9 Å². The fraction of sp³-hybridized carbons (Fsp3) is 0.154. The Balaban J connectivity index is 2.53. The van der Waals surface area contributed by atoms with Crippen LogP contribution in [-0.4, -0.2) is 15.9 Å². The van der Waals surface area contributed by atoms with Gasteiger partial charge in [-0.2, -0.15) is 10.4 Å². The zero-order valence-electron chi connectivity index (χ0n) is 10.1. The van der Waals surface area contributed by atoms with Gasteiger partial charge in [-0.25, -0.2) is 4.68 Å². The van der Waals surface area contributed by atoms with Crippen molar-refractivity contribution in [3.63, 3.8) is 0 Å². The summed E-state index contributed by atoms with van der Waals surface area (Å²) in [6.45, 7) is 3.52. The van der Waals surface area contributed by atoms with E-state index in [1.54, 1.807) is 32.3 Å². The highest BCUT2D eigenvalue weighted by Crippen LogP contribution is 2.05. The van der Waals surface area contributed by atoms with E-state index < -0.39 is 5.56 Å². The molecule has 0 radical (unpaired) electrons. The minimum atomic E-state index is -0.391. The van der Waals surface area contributed by atoms with E-state index in [4.69, 9.17) is 5.26 Å². The van der Waals surface area contributed by atoms with Gasteiger partial charge in [0.25, 0.3) is 5.56 Å². The molecule has 1 N–H and O–H groups in total. The number of aryl methyl sites for hydroxylation is 2. The minimum absolute atomic E-state index is 0.129. The molecule has 5 heteroatoms. The molecule has 0 amide bonds. The maximum Gasteiger partial charge on any atom is 0.289 e. The number of hydrogen-bond donors (Lipinski definition) is 1. The average Bonchev–Trinajstić information content (AvgIpc) is 2.81. The number of aromatic nitrogens is 2. The van der Waals surface area contributed by atoms with E-state index in [9.17, 15) is 4.79 Å². The molecule has 0 aliphatic carbocycles. The third kappa shape index (κ3) is 2.09. The predicted molar refractivity (Wildman–Crippen MR) is 68.7 cm³/mol. The highest BCUT2D eigenvalue weighted by atomic mass is 16.1. The van der Waals surface area contributed by atoms with Crippen LogP contribution in [0.1, 0.15) is 22.5 Å². The molecule has 2 heterocycles. The lowest BCUT2D eigenvalue weighted by Gasteiger charge is -2.05. The normalized spacial score (nSPS) is 10.7. The van der Waals surface area contributed by atoms with Crippen molar-refractivity contribution < 1.29 is 0 Å². The summed E-state index contributed by atoms with van der Waals surface area (Å²) in [4.78, 5) is 15.0. The monoisotopic (exact) mass is 240 g/mol. The lowest BCUT2D eigenvalue weighted by molar-refractivity contribution is 0.786. The van der Waals surface area contributed by atoms with Crippen molar-refractivity contribution in [2.75, 3.05) is 0 Å². The maximum atomic E-state index is 12.0. The van der Waals surface area contributed by atoms with Crippen molar-refractivity contribution in [1.82, 2.24) is 9.66 Å². The van der Waals surface area contributed by atoms with Crippen LogP contribution >= 0.6 is 0 Å². The Labute approximate surface area is 104 Å². The third-order valence-electron chi connectivity index (χ3n) is 2.61. The van der Waals surface area contributed by atoms with Crippen molar-refractivity contribution in [2.45, 2.75) is 13.8 Å². The van der Waals surface area contributed by atoms with E-state index in [1.165, 1.54) is 4.68 Å². The molecule has 0 fully saturated rings. The Kier molecular flexibility index (Phi) is 3.11. The summed E-state index contributed by atoms with van der Waals surface area (Å²) in [5.74, 6) is 0. The molecule has 0 unspecified atom stereocenters. The number of pyridine rings is 1. The molecule has 0 aliphatic rings. The second kappa shape index (κ2) is 4.72. The molecule has 2 aromatic rings. The van der Waals surface area contributed by atoms with Crippen molar-refractivity contribution in [3.05, 3.63) is 57.3 Å². The first-order valence-electron chi connectivity index (χ1n) is 5.44. The number of hydrogen-bond acceptors (Lipinski definition) is 3. The summed E-state index contributed by atoms with van der Waals surface area (Å²) in [7, 11) is 0. The van der Waals surface area contributed by atoms with Gasteiger partial charge in [-0.15, -0.1) is 0 Å². The Morgan fingerprint density at radius 3 is 2.89 bits per heavy atom. The SMILES string of the molecule is Cc1cc(C)n(/N=C\c2ccc[nH]2)c(=O)c1C#N. The second-order valence-electron chi connectivity index (χ2n) is 3.94. The third-order valence-corrected chi connectivity index (χ3v) is 2.61. The van der Waals surface area contributed by atoms with Crippen molar-refractivity contribution >= 4 is 6.21 Å². The molecule has 2 rings (SSSR count). The van der Waals surface area contributed by atoms with Gasteiger partial charge in [-0.05, 0) is 37.6 Å². The van der Waals surface area contributed by atoms with Crippen LogP contribution in [0.15, 0.2) is 34.3 Å². The van der Waals surface area contributed by atoms with Crippen LogP contribution in [0.5, 0.6) is 0 Å². The van der Waals surface area contributed by atoms with Gasteiger partial charge in [-0.1, -0.05) is 0 Å². The van der Waals surface area contributed by atoms with Crippen LogP contribution in [0.4, 0.5) is 0 Å². The van der Waals surface area contributed by atoms with Crippen LogP contribution in [0, 0.1) is 25.2 Å². The first-order valence-corrected chi connectivity index (χ1v) is 5.44. The van der Waals surface area contributed by atoms with Crippen LogP contribution in [0.25, 0.3) is 0 Å². The fourth-order valence-electron chi connectivity index (χ4n) is 1.71. The van der Waals surface area contributed by atoms with Crippen LogP contribution in [0.3, 0.4) is 0 Å². The quantitative estimate of drug-likeness (QED) is 0.809. The zero-order chi connectivity index (χ0) is 13.1. The van der Waals surface area contributed by atoms with Crippen LogP contribution < -0.4 is 5.56 Å². The molecule has 2 aromatic heterocycles. The summed E-state index contributed by atoms with van der Waals surface area (Å²) in [6, 6.07) is 7.36. The molecule has 5 nitrogen and oxygen atoms in total. The van der Waals surface area contributed by atoms with Gasteiger partial charge in [0.2, 0.25) is 0 Å². The predicted octanol–water partition coefficient (Wildman–Crippen LogP) is 1.55. The minimum Gasteiger partial charge on any atom is -0.360 e. The van der Waals surface area contributed by atoms with E-state index in [0.29, 0.717) is 11.3 Å². The van der Waals surface area contributed by atoms with Gasteiger partial charge >= 0.3 is 0 Å². The van der Waals surface area contributed by atoms with Gasteiger partial charge in [0.15, 0.2) is 0 Å². The molecule has 0 saturated heterocycles. The summed E-state index contributed by atoms with van der Waals surface area (Å²) >= 11 is 0. The molecule has 18 heavy (non-hydrogen) atoms. The number of aromatic amines is 1. The fourth-order valence-corrected chi connectivity index (χ4v) is 1.71. The Hall–Kier alpha value is -2.61. The summed E-state index contributed by atoms with van der Waals surface area (Å²) in [5, 5.41) is 13.0. The van der Waals surface area contributed by atoms with Crippen molar-refractivity contribution in [2.24, 2.45) is 5.10 Å². The van der Waals surface area contributed by atoms with E-state index in [-0.39, 0.29) is 5.56 Å². The highest BCUT2D eigenvalue weighted by molar-refractivity contribution is 5.76. The van der Waals surface area contributed by atoms with E-state index >= 15 is 0 Å². The number of rotatable bonds is 2. The summed E-state index contributed by atoms with van der Waals surface area (Å²) < 4.78 is 1.23. The van der Waals surface area contributed by atoms with Gasteiger partial charge in [-0.3, -0.25) is 4.79 Å². The largest absolute Gasteiger partial charge is 0.360 e. The van der Waals surface area contributed by atoms with Crippen LogP contribution in [-0.2, 0) is 0 Å². The number of nitrogens with zero attached hydrogens (tertiary/aromatic N) is 3. The van der Waals surface area contributed by atoms with Crippen molar-refractivity contribution in [1.29, 1.82) is 5.26 Å². The molecule has 0 bridgehead atoms. The van der Waals surface area contributed by atoms with E-state index in [1.807, 2.05) is 18.2 Å². The zero-order valence-corrected chi connectivity index (χ0v) is 10.1. The molecule has 0 atom stereocenters. The second-order valence-corrected chi connectivity index (χ2v) is 3.94. The number of H-pyrrole nitrogens is 1. The topological polar surface area (TPSA) is 73.9 Å². The van der Waals surface area contributed by atoms with Crippen LogP contribution in [0.2, 0.25) is 0 Å². The van der Waals surface area contributed by atoms with Gasteiger partial charge in [0.1, 0.15) is 11.6 Å². The summed E-state index contributed by atoms with van der Waals surface area (Å²) in [6.07, 6.45) is 3.32. The van der Waals surface area contributed by atoms with Gasteiger partial charge < -0.3 is 4.98 Å². The Morgan fingerprint density at radius 1 is 1.50 bits per heavy atom. The summed E-state index contributed by atoms with van der Waals surface area (Å²) in [5.41, 5.74) is 1.90. The molecular weight excluding hydrogens is 228 g/mol. The molecule has 0 aromatic carbocycles. The van der Waals surface area contributed by atoms with E-state index in [0.717, 1.165) is 5.69 Å². The first-order chi connectivity index (χ1) is 8.63. The smallest absolute Gasteiger partial charge is 0.289 e. The Morgan fingerprint density at radius 2 is 2.28 bits per heavy atom. The molecule has 90 valence electrons. The lowest BCUT2D eigenvalue weighted by atomic mass is 10.1. The van der Waals surface area contributed by atoms with Crippen molar-refractivity contribution in [3.8, 4) is 6.07 Å². The highest BCUT2D eigenvalue weighted by Gasteiger charge is 2.08. The average molecular weight is 240 g/mol. The lowest BCUT2D eigenvalue weighted by Crippen LogP contribution is -2.22. The Bertz CT molecular complexity index is 687. The number of nitrogens with one attached hydrogen (secondary N) is 1. The molecule has 0 spiro atoms. The molecule has 0 aliphatic heterocycles. The first kappa shape index (κ1) is 11.9. The molecular formula is C13H12N4O.